The van der Waals surface area contributed by atoms with Crippen LogP contribution in [0.1, 0.15) is 55.9 Å². The predicted octanol–water partition coefficient (Wildman–Crippen LogP) is 6.70. The van der Waals surface area contributed by atoms with Crippen LogP contribution in [0.2, 0.25) is 0 Å². The van der Waals surface area contributed by atoms with Gasteiger partial charge in [-0.2, -0.15) is 6.07 Å². The van der Waals surface area contributed by atoms with Crippen LogP contribution in [-0.2, 0) is 39.1 Å². The monoisotopic (exact) mass is 464 g/mol. The molecule has 0 spiro atoms. The van der Waals surface area contributed by atoms with E-state index in [9.17, 15) is 0 Å². The molecule has 0 bridgehead atoms. The van der Waals surface area contributed by atoms with E-state index in [4.69, 9.17) is 16.3 Å². The van der Waals surface area contributed by atoms with Crippen LogP contribution in [0.3, 0.4) is 0 Å². The summed E-state index contributed by atoms with van der Waals surface area (Å²) in [6, 6.07) is 12.7. The Morgan fingerprint density at radius 1 is 1.27 bits per heavy atom. The molecule has 1 heterocycles. The Morgan fingerprint density at radius 2 is 2.12 bits per heavy atom. The fourth-order valence-corrected chi connectivity index (χ4v) is 4.87. The first-order valence-corrected chi connectivity index (χ1v) is 10.7. The third-order valence-corrected chi connectivity index (χ3v) is 6.77. The number of hydrogen-bond donors (Lipinski definition) is 0. The van der Waals surface area contributed by atoms with Gasteiger partial charge in [0.05, 0.1) is 6.61 Å². The first-order valence-electron chi connectivity index (χ1n) is 9.45. The molecule has 139 valence electrons. The fraction of sp³-hybridized carbons (Fsp3) is 0.545. The average Bonchev–Trinajstić information content (AvgIpc) is 3.24. The molecule has 1 nitrogen and oxygen atoms in total. The van der Waals surface area contributed by atoms with Gasteiger partial charge >= 0.3 is 0 Å². The Morgan fingerprint density at radius 3 is 2.85 bits per heavy atom. The molecule has 0 N–H and O–H groups in total. The Labute approximate surface area is 192 Å². The van der Waals surface area contributed by atoms with Crippen LogP contribution in [0.4, 0.5) is 0 Å². The van der Waals surface area contributed by atoms with Gasteiger partial charge in [-0.05, 0) is 42.4 Å². The minimum Gasteiger partial charge on any atom is -0.493 e. The van der Waals surface area contributed by atoms with E-state index < -0.39 is 0 Å². The molecule has 26 heavy (non-hydrogen) atoms. The van der Waals surface area contributed by atoms with Gasteiger partial charge in [-0.1, -0.05) is 45.2 Å². The zero-order valence-electron chi connectivity index (χ0n) is 15.8. The van der Waals surface area contributed by atoms with Crippen molar-refractivity contribution in [1.82, 2.24) is 0 Å². The Balaban J connectivity index is 0.00000243. The number of alkyl halides is 1. The maximum atomic E-state index is 6.62. The summed E-state index contributed by atoms with van der Waals surface area (Å²) in [5, 5.41) is 3.43. The second-order valence-electron chi connectivity index (χ2n) is 7.47. The molecular formula is C22H28ClOSY-. The number of halogens is 1. The molecule has 0 amide bonds. The maximum absolute atomic E-state index is 6.62. The van der Waals surface area contributed by atoms with Crippen LogP contribution in [0.15, 0.2) is 36.4 Å². The third kappa shape index (κ3) is 6.33. The van der Waals surface area contributed by atoms with Gasteiger partial charge in [-0.3, -0.25) is 0 Å². The van der Waals surface area contributed by atoms with Gasteiger partial charge in [0.1, 0.15) is 5.75 Å². The van der Waals surface area contributed by atoms with Gasteiger partial charge in [0.2, 0.25) is 0 Å². The number of aryl methyl sites for hydroxylation is 1. The van der Waals surface area contributed by atoms with Crippen molar-refractivity contribution < 1.29 is 37.4 Å². The van der Waals surface area contributed by atoms with Crippen molar-refractivity contribution in [3.05, 3.63) is 52.2 Å². The number of benzene rings is 1. The van der Waals surface area contributed by atoms with Crippen molar-refractivity contribution in [3.8, 4) is 5.75 Å². The second kappa shape index (κ2) is 11.2. The number of thiophene rings is 1. The van der Waals surface area contributed by atoms with Crippen molar-refractivity contribution in [2.24, 2.45) is 11.8 Å². The van der Waals surface area contributed by atoms with Crippen molar-refractivity contribution in [2.75, 3.05) is 6.61 Å². The molecule has 1 aliphatic rings. The van der Waals surface area contributed by atoms with E-state index in [1.54, 1.807) is 11.3 Å². The Bertz CT molecular complexity index is 643. The first kappa shape index (κ1) is 22.4. The molecule has 0 aliphatic heterocycles. The summed E-state index contributed by atoms with van der Waals surface area (Å²) < 4.78 is 6.15. The van der Waals surface area contributed by atoms with Crippen molar-refractivity contribution in [3.63, 3.8) is 0 Å². The quantitative estimate of drug-likeness (QED) is 0.312. The van der Waals surface area contributed by atoms with Crippen LogP contribution >= 0.6 is 22.9 Å². The van der Waals surface area contributed by atoms with Crippen LogP contribution < -0.4 is 4.74 Å². The molecule has 1 radical (unpaired) electrons. The summed E-state index contributed by atoms with van der Waals surface area (Å²) in [6.07, 6.45) is 6.02. The van der Waals surface area contributed by atoms with Crippen molar-refractivity contribution in [1.29, 1.82) is 0 Å². The summed E-state index contributed by atoms with van der Waals surface area (Å²) >= 11 is 8.36. The smallest absolute Gasteiger partial charge is 0.119 e. The Hall–Kier alpha value is 0.114. The zero-order valence-corrected chi connectivity index (χ0v) is 20.2. The fourth-order valence-electron chi connectivity index (χ4n) is 3.80. The standard InChI is InChI=1S/C22H28ClOS.Y/c1-16(2)18-7-3-8-19(14-18)24-15-21-17(11-12-22(21)23)6-4-9-20-10-5-13-25-20;/h3,5,7-8,10,14,16-17,21-22H,4,6,9,11-12,15H2,1-2H3;/q-1;/t17-,21+,22?;/m0./s1. The minimum absolute atomic E-state index is 0. The molecular weight excluding hydrogens is 437 g/mol. The summed E-state index contributed by atoms with van der Waals surface area (Å²) in [5.41, 5.74) is 1.33. The van der Waals surface area contributed by atoms with Gasteiger partial charge in [0.15, 0.2) is 0 Å². The van der Waals surface area contributed by atoms with Crippen LogP contribution in [0.25, 0.3) is 0 Å². The van der Waals surface area contributed by atoms with E-state index >= 15 is 0 Å². The summed E-state index contributed by atoms with van der Waals surface area (Å²) in [7, 11) is 0. The maximum Gasteiger partial charge on any atom is 0.119 e. The molecule has 1 aliphatic carbocycles. The second-order valence-corrected chi connectivity index (χ2v) is 8.99. The van der Waals surface area contributed by atoms with Crippen LogP contribution in [0.5, 0.6) is 5.75 Å². The first-order chi connectivity index (χ1) is 12.1. The van der Waals surface area contributed by atoms with E-state index in [1.165, 1.54) is 36.1 Å². The van der Waals surface area contributed by atoms with E-state index in [0.717, 1.165) is 18.8 Å². The van der Waals surface area contributed by atoms with E-state index in [0.29, 0.717) is 17.8 Å². The summed E-state index contributed by atoms with van der Waals surface area (Å²) in [5.74, 6) is 2.67. The van der Waals surface area contributed by atoms with Crippen LogP contribution in [-0.4, -0.2) is 12.0 Å². The molecule has 1 unspecified atom stereocenters. The number of ether oxygens (including phenoxy) is 1. The zero-order chi connectivity index (χ0) is 17.6. The SMILES string of the molecule is CC(C)c1cccc(OC[C@H]2C(Cl)CC[C@@H]2CCCc2cc[c-]s2)c1.[Y]. The molecule has 2 aromatic rings. The number of hydrogen-bond acceptors (Lipinski definition) is 2. The van der Waals surface area contributed by atoms with E-state index in [1.807, 2.05) is 6.07 Å². The van der Waals surface area contributed by atoms with Crippen LogP contribution in [0, 0.1) is 17.2 Å². The molecule has 1 fully saturated rings. The van der Waals surface area contributed by atoms with Crippen molar-refractivity contribution >= 4 is 22.9 Å². The summed E-state index contributed by atoms with van der Waals surface area (Å²) in [4.78, 5) is 1.44. The molecule has 0 saturated heterocycles. The predicted molar refractivity (Wildman–Crippen MR) is 108 cm³/mol. The van der Waals surface area contributed by atoms with Crippen molar-refractivity contribution in [2.45, 2.75) is 57.2 Å². The van der Waals surface area contributed by atoms with Gasteiger partial charge in [0.25, 0.3) is 0 Å². The number of rotatable bonds is 8. The largest absolute Gasteiger partial charge is 0.493 e. The average molecular weight is 465 g/mol. The molecule has 3 atom stereocenters. The topological polar surface area (TPSA) is 9.23 Å². The van der Waals surface area contributed by atoms with Gasteiger partial charge in [0, 0.05) is 44.0 Å². The normalized spacial score (nSPS) is 22.4. The van der Waals surface area contributed by atoms with Gasteiger partial charge in [-0.25, -0.2) is 6.07 Å². The van der Waals surface area contributed by atoms with Gasteiger partial charge in [-0.15, -0.1) is 21.9 Å². The summed E-state index contributed by atoms with van der Waals surface area (Å²) in [6.45, 7) is 5.17. The molecule has 1 aromatic heterocycles. The minimum atomic E-state index is 0. The van der Waals surface area contributed by atoms with E-state index in [-0.39, 0.29) is 38.1 Å². The third-order valence-electron chi connectivity index (χ3n) is 5.38. The molecule has 3 rings (SSSR count). The van der Waals surface area contributed by atoms with Gasteiger partial charge < -0.3 is 16.1 Å². The molecule has 4 heteroatoms. The molecule has 1 saturated carbocycles. The Kier molecular flexibility index (Phi) is 9.65. The molecule has 1 aromatic carbocycles. The van der Waals surface area contributed by atoms with E-state index in [2.05, 4.69) is 49.6 Å².